The first-order chi connectivity index (χ1) is 14.0. The van der Waals surface area contributed by atoms with Crippen LogP contribution in [-0.4, -0.2) is 34.4 Å². The summed E-state index contributed by atoms with van der Waals surface area (Å²) in [5, 5.41) is 18.2. The second kappa shape index (κ2) is 8.85. The molecule has 2 aromatic carbocycles. The smallest absolute Gasteiger partial charge is 0.171 e. The Labute approximate surface area is 189 Å². The van der Waals surface area contributed by atoms with Crippen LogP contribution < -0.4 is 15.5 Å². The van der Waals surface area contributed by atoms with Crippen molar-refractivity contribution in [3.63, 3.8) is 0 Å². The van der Waals surface area contributed by atoms with Gasteiger partial charge in [0.25, 0.3) is 0 Å². The van der Waals surface area contributed by atoms with Gasteiger partial charge in [0.15, 0.2) is 10.9 Å². The fourth-order valence-electron chi connectivity index (χ4n) is 3.59. The van der Waals surface area contributed by atoms with E-state index in [1.807, 2.05) is 37.4 Å². The molecule has 150 valence electrons. The van der Waals surface area contributed by atoms with Crippen molar-refractivity contribution < 1.29 is 0 Å². The molecule has 0 saturated carbocycles. The van der Waals surface area contributed by atoms with E-state index < -0.39 is 0 Å². The fourth-order valence-corrected chi connectivity index (χ4v) is 4.57. The third-order valence-corrected chi connectivity index (χ3v) is 6.22. The zero-order valence-corrected chi connectivity index (χ0v) is 19.3. The number of hydrogen-bond acceptors (Lipinski definition) is 5. The largest absolute Gasteiger partial charge is 0.360 e. The Bertz CT molecular complexity index is 1050. The minimum absolute atomic E-state index is 0.328. The van der Waals surface area contributed by atoms with Gasteiger partial charge in [0, 0.05) is 39.3 Å². The number of nitrogens with zero attached hydrogens (tertiary/aromatic N) is 3. The van der Waals surface area contributed by atoms with Gasteiger partial charge in [-0.3, -0.25) is 0 Å². The summed E-state index contributed by atoms with van der Waals surface area (Å²) in [6.07, 6.45) is 3.77. The number of nitrogens with one attached hydrogen (secondary N) is 2. The van der Waals surface area contributed by atoms with E-state index in [9.17, 15) is 0 Å². The lowest BCUT2D eigenvalue weighted by atomic mass is 10.0. The van der Waals surface area contributed by atoms with Gasteiger partial charge in [-0.05, 0) is 61.8 Å². The Balaban J connectivity index is 1.37. The Morgan fingerprint density at radius 1 is 1.21 bits per heavy atom. The summed E-state index contributed by atoms with van der Waals surface area (Å²) in [6, 6.07) is 12.6. The number of halogens is 1. The van der Waals surface area contributed by atoms with Crippen molar-refractivity contribution in [1.82, 2.24) is 15.5 Å². The first-order valence-electron chi connectivity index (χ1n) is 9.52. The van der Waals surface area contributed by atoms with Gasteiger partial charge in [0.1, 0.15) is 0 Å². The number of thiol groups is 1. The van der Waals surface area contributed by atoms with E-state index in [1.165, 1.54) is 5.56 Å². The Morgan fingerprint density at radius 3 is 2.76 bits per heavy atom. The van der Waals surface area contributed by atoms with E-state index in [0.717, 1.165) is 57.6 Å². The van der Waals surface area contributed by atoms with Crippen LogP contribution in [0.1, 0.15) is 18.4 Å². The molecule has 29 heavy (non-hydrogen) atoms. The van der Waals surface area contributed by atoms with Crippen LogP contribution in [-0.2, 0) is 0 Å². The molecule has 1 fully saturated rings. The molecule has 1 saturated heterocycles. The van der Waals surface area contributed by atoms with Crippen LogP contribution in [0.15, 0.2) is 52.0 Å². The van der Waals surface area contributed by atoms with Crippen LogP contribution in [0.4, 0.5) is 11.5 Å². The molecule has 0 amide bonds. The highest BCUT2D eigenvalue weighted by Crippen LogP contribution is 2.28. The SMILES string of the molecule is Cc1ccc(NC(=S)NC2CCN(c3nncc4ccc(Br)cc34)CC2)c(S)c1. The lowest BCUT2D eigenvalue weighted by Crippen LogP contribution is -2.46. The molecule has 1 aliphatic heterocycles. The molecule has 0 radical (unpaired) electrons. The average molecular weight is 488 g/mol. The number of fused-ring (bicyclic) bond motifs is 1. The zero-order chi connectivity index (χ0) is 20.4. The normalized spacial score (nSPS) is 14.8. The molecule has 0 atom stereocenters. The first kappa shape index (κ1) is 20.4. The van der Waals surface area contributed by atoms with Crippen LogP contribution in [0.2, 0.25) is 0 Å². The van der Waals surface area contributed by atoms with Crippen molar-refractivity contribution in [3.05, 3.63) is 52.6 Å². The molecule has 1 aromatic heterocycles. The molecule has 5 nitrogen and oxygen atoms in total. The Morgan fingerprint density at radius 2 is 2.00 bits per heavy atom. The van der Waals surface area contributed by atoms with Crippen molar-refractivity contribution in [2.45, 2.75) is 30.7 Å². The average Bonchev–Trinajstić information content (AvgIpc) is 2.70. The molecular formula is C21H22BrN5S2. The van der Waals surface area contributed by atoms with Crippen molar-refractivity contribution in [2.75, 3.05) is 23.3 Å². The summed E-state index contributed by atoms with van der Waals surface area (Å²) in [4.78, 5) is 3.20. The molecule has 2 N–H and O–H groups in total. The summed E-state index contributed by atoms with van der Waals surface area (Å²) in [5.74, 6) is 0.947. The summed E-state index contributed by atoms with van der Waals surface area (Å²) < 4.78 is 1.05. The monoisotopic (exact) mass is 487 g/mol. The van der Waals surface area contributed by atoms with Crippen molar-refractivity contribution >= 4 is 68.2 Å². The maximum absolute atomic E-state index is 5.51. The quantitative estimate of drug-likeness (QED) is 0.359. The van der Waals surface area contributed by atoms with E-state index in [-0.39, 0.29) is 0 Å². The molecule has 0 aliphatic carbocycles. The summed E-state index contributed by atoms with van der Waals surface area (Å²) >= 11 is 13.6. The van der Waals surface area contributed by atoms with Gasteiger partial charge >= 0.3 is 0 Å². The molecule has 2 heterocycles. The fraction of sp³-hybridized carbons (Fsp3) is 0.286. The van der Waals surface area contributed by atoms with Crippen LogP contribution in [0.3, 0.4) is 0 Å². The molecular weight excluding hydrogens is 466 g/mol. The highest BCUT2D eigenvalue weighted by Gasteiger charge is 2.22. The maximum atomic E-state index is 5.51. The lowest BCUT2D eigenvalue weighted by molar-refractivity contribution is 0.466. The van der Waals surface area contributed by atoms with Crippen LogP contribution >= 0.6 is 40.8 Å². The van der Waals surface area contributed by atoms with Crippen LogP contribution in [0.5, 0.6) is 0 Å². The van der Waals surface area contributed by atoms with Gasteiger partial charge in [0.05, 0.1) is 11.9 Å². The van der Waals surface area contributed by atoms with Crippen LogP contribution in [0.25, 0.3) is 10.8 Å². The number of benzene rings is 2. The van der Waals surface area contributed by atoms with Crippen molar-refractivity contribution in [3.8, 4) is 0 Å². The van der Waals surface area contributed by atoms with Gasteiger partial charge in [-0.2, -0.15) is 5.10 Å². The number of thiocarbonyl (C=S) groups is 1. The van der Waals surface area contributed by atoms with Gasteiger partial charge in [-0.15, -0.1) is 17.7 Å². The molecule has 0 unspecified atom stereocenters. The lowest BCUT2D eigenvalue weighted by Gasteiger charge is -2.34. The highest BCUT2D eigenvalue weighted by molar-refractivity contribution is 9.10. The minimum Gasteiger partial charge on any atom is -0.360 e. The molecule has 8 heteroatoms. The number of piperidine rings is 1. The number of aryl methyl sites for hydroxylation is 1. The second-order valence-electron chi connectivity index (χ2n) is 7.28. The Kier molecular flexibility index (Phi) is 6.22. The first-order valence-corrected chi connectivity index (χ1v) is 11.2. The minimum atomic E-state index is 0.328. The predicted molar refractivity (Wildman–Crippen MR) is 130 cm³/mol. The summed E-state index contributed by atoms with van der Waals surface area (Å²) in [7, 11) is 0. The van der Waals surface area contributed by atoms with Crippen molar-refractivity contribution in [1.29, 1.82) is 0 Å². The Hall–Kier alpha value is -1.90. The highest BCUT2D eigenvalue weighted by atomic mass is 79.9. The topological polar surface area (TPSA) is 53.1 Å². The molecule has 1 aliphatic rings. The van der Waals surface area contributed by atoms with E-state index in [2.05, 4.69) is 66.4 Å². The summed E-state index contributed by atoms with van der Waals surface area (Å²) in [6.45, 7) is 3.86. The van der Waals surface area contributed by atoms with E-state index in [0.29, 0.717) is 11.2 Å². The van der Waals surface area contributed by atoms with E-state index in [4.69, 9.17) is 12.2 Å². The molecule has 3 aromatic rings. The number of aromatic nitrogens is 2. The van der Waals surface area contributed by atoms with E-state index >= 15 is 0 Å². The molecule has 0 bridgehead atoms. The van der Waals surface area contributed by atoms with Gasteiger partial charge in [-0.25, -0.2) is 0 Å². The van der Waals surface area contributed by atoms with Gasteiger partial charge < -0.3 is 15.5 Å². The van der Waals surface area contributed by atoms with E-state index in [1.54, 1.807) is 0 Å². The summed E-state index contributed by atoms with van der Waals surface area (Å²) in [5.41, 5.74) is 2.10. The van der Waals surface area contributed by atoms with Crippen molar-refractivity contribution in [2.24, 2.45) is 0 Å². The standard InChI is InChI=1S/C21H22BrN5S2/c1-13-2-5-18(19(28)10-13)25-21(29)24-16-6-8-27(9-7-16)20-17-11-15(22)4-3-14(17)12-23-26-20/h2-5,10-12,16,28H,6-9H2,1H3,(H2,24,25,29). The molecule has 4 rings (SSSR count). The van der Waals surface area contributed by atoms with Crippen LogP contribution in [0, 0.1) is 6.92 Å². The van der Waals surface area contributed by atoms with Gasteiger partial charge in [-0.1, -0.05) is 28.1 Å². The third-order valence-electron chi connectivity index (χ3n) is 5.14. The number of anilines is 2. The van der Waals surface area contributed by atoms with Gasteiger partial charge in [0.2, 0.25) is 0 Å². The number of hydrogen-bond donors (Lipinski definition) is 3. The predicted octanol–water partition coefficient (Wildman–Crippen LogP) is 4.94. The number of rotatable bonds is 3. The maximum Gasteiger partial charge on any atom is 0.171 e. The third kappa shape index (κ3) is 4.82. The molecule has 0 spiro atoms. The zero-order valence-electron chi connectivity index (χ0n) is 16.0. The second-order valence-corrected chi connectivity index (χ2v) is 9.09.